The van der Waals surface area contributed by atoms with Crippen LogP contribution in [0.4, 0.5) is 0 Å². The van der Waals surface area contributed by atoms with Crippen LogP contribution in [0.15, 0.2) is 23.8 Å². The molecule has 0 bridgehead atoms. The minimum atomic E-state index is -2.97. The molecule has 0 aromatic heterocycles. The molecule has 0 aromatic carbocycles. The molecule has 0 N–H and O–H groups in total. The summed E-state index contributed by atoms with van der Waals surface area (Å²) in [5.74, 6) is 0. The first-order chi connectivity index (χ1) is 7.15. The van der Waals surface area contributed by atoms with Gasteiger partial charge in [0.2, 0.25) is 5.24 Å². The van der Waals surface area contributed by atoms with Crippen molar-refractivity contribution in [3.63, 3.8) is 0 Å². The van der Waals surface area contributed by atoms with Crippen molar-refractivity contribution in [3.05, 3.63) is 23.8 Å². The third kappa shape index (κ3) is 6.02. The van der Waals surface area contributed by atoms with Crippen LogP contribution in [-0.4, -0.2) is 18.3 Å². The second-order valence-corrected chi connectivity index (χ2v) is 6.16. The molecule has 0 amide bonds. The van der Waals surface area contributed by atoms with Gasteiger partial charge in [0.15, 0.2) is 0 Å². The predicted molar refractivity (Wildman–Crippen MR) is 49.8 cm³/mol. The monoisotopic (exact) mass is 399 g/mol. The van der Waals surface area contributed by atoms with E-state index in [0.717, 1.165) is 0 Å². The first kappa shape index (κ1) is 13.8. The average Bonchev–Trinajstić information content (AvgIpc) is 2.74. The summed E-state index contributed by atoms with van der Waals surface area (Å²) in [6.07, 6.45) is 6.16. The number of carbonyl (C=O) groups excluding carboxylic acids is 4. The Hall–Kier alpha value is -1.16. The molecule has 1 rings (SSSR count). The van der Waals surface area contributed by atoms with Gasteiger partial charge in [-0.25, -0.2) is 0 Å². The summed E-state index contributed by atoms with van der Waals surface area (Å²) < 4.78 is 3.87. The fraction of sp³-hybridized carbons (Fsp3) is 0.111. The van der Waals surface area contributed by atoms with Gasteiger partial charge < -0.3 is 0 Å². The Bertz CT molecular complexity index is 477. The van der Waals surface area contributed by atoms with Crippen molar-refractivity contribution in [3.8, 4) is 0 Å². The molecular weight excluding hydrogens is 394 g/mol. The van der Waals surface area contributed by atoms with Crippen LogP contribution in [0.2, 0.25) is 0 Å². The van der Waals surface area contributed by atoms with Crippen LogP contribution in [0.3, 0.4) is 0 Å². The zero-order chi connectivity index (χ0) is 11.7. The van der Waals surface area contributed by atoms with Crippen LogP contribution in [0, 0.1) is 0 Å². The maximum atomic E-state index is 10.3. The second-order valence-electron chi connectivity index (χ2n) is 2.11. The van der Waals surface area contributed by atoms with E-state index in [4.69, 9.17) is 11.6 Å². The zero-order valence-electron chi connectivity index (χ0n) is 7.33. The summed E-state index contributed by atoms with van der Waals surface area (Å²) in [5.41, 5.74) is 0.687. The van der Waals surface area contributed by atoms with E-state index in [9.17, 15) is 19.2 Å². The van der Waals surface area contributed by atoms with Gasteiger partial charge in [-0.15, -0.1) is 0 Å². The summed E-state index contributed by atoms with van der Waals surface area (Å²) >= 11 is 2.16. The molecule has 0 radical (unpaired) electrons. The van der Waals surface area contributed by atoms with E-state index >= 15 is 0 Å². The molecule has 0 atom stereocenters. The van der Waals surface area contributed by atoms with Crippen LogP contribution in [0.25, 0.3) is 0 Å². The molecule has 1 aliphatic carbocycles. The second kappa shape index (κ2) is 8.18. The Labute approximate surface area is 94.7 Å². The molecule has 0 unspecified atom stereocenters. The molecule has 1 aliphatic rings. The third-order valence-corrected chi connectivity index (χ3v) is 3.16. The fourth-order valence-electron chi connectivity index (χ4n) is 0.640. The van der Waals surface area contributed by atoms with E-state index < -0.39 is 15.4 Å². The van der Waals surface area contributed by atoms with Crippen LogP contribution in [-0.2, 0) is 34.6 Å². The van der Waals surface area contributed by atoms with Crippen molar-refractivity contribution in [2.45, 2.75) is 6.42 Å². The molecule has 0 fully saturated rings. The van der Waals surface area contributed by atoms with Gasteiger partial charge in [-0.3, -0.25) is 4.79 Å². The molecule has 15 heavy (non-hydrogen) atoms. The predicted octanol–water partition coefficient (Wildman–Crippen LogP) is 0.444. The van der Waals surface area contributed by atoms with E-state index in [1.54, 1.807) is 6.08 Å². The fourth-order valence-corrected chi connectivity index (χ4v) is 1.12. The van der Waals surface area contributed by atoms with Crippen LogP contribution in [0.1, 0.15) is 6.42 Å². The van der Waals surface area contributed by atoms with Gasteiger partial charge in [-0.1, -0.05) is 18.2 Å². The maximum absolute atomic E-state index is 10.3. The van der Waals surface area contributed by atoms with Crippen molar-refractivity contribution in [2.75, 3.05) is 0 Å². The van der Waals surface area contributed by atoms with E-state index in [0.29, 0.717) is 12.0 Å². The standard InChI is InChI=1S/C6H5ClO.3CO.Re/c7-6(8)5-3-1-2-4-5;3*1-2;/h1-3H,4H2;;;;. The molecule has 0 saturated carbocycles. The van der Waals surface area contributed by atoms with Gasteiger partial charge >= 0.3 is 42.8 Å². The number of halogens is 1. The van der Waals surface area contributed by atoms with Gasteiger partial charge in [-0.2, -0.15) is 0 Å². The first-order valence-electron chi connectivity index (χ1n) is 3.54. The molecule has 0 spiro atoms. The Morgan fingerprint density at radius 3 is 1.93 bits per heavy atom. The van der Waals surface area contributed by atoms with E-state index in [2.05, 4.69) is 0 Å². The number of hydrogen-bond donors (Lipinski definition) is 0. The number of hydrogen-bond acceptors (Lipinski definition) is 4. The Morgan fingerprint density at radius 1 is 1.27 bits per heavy atom. The Morgan fingerprint density at radius 2 is 1.80 bits per heavy atom. The van der Waals surface area contributed by atoms with Crippen molar-refractivity contribution < 1.29 is 34.6 Å². The molecule has 0 saturated heterocycles. The van der Waals surface area contributed by atoms with Crippen molar-refractivity contribution >= 4 is 29.9 Å². The summed E-state index contributed by atoms with van der Waals surface area (Å²) in [7, 11) is 0. The SMILES string of the molecule is O=C(Cl)C1=CC=CC1.O=[C]=[Re](=[C]=O)=[C]=O. The number of rotatable bonds is 1. The van der Waals surface area contributed by atoms with Crippen molar-refractivity contribution in [1.82, 2.24) is 0 Å². The Balaban J connectivity index is 0.000000265. The topological polar surface area (TPSA) is 68.3 Å². The van der Waals surface area contributed by atoms with Crippen LogP contribution in [0.5, 0.6) is 0 Å². The molecule has 79 valence electrons. The number of allylic oxidation sites excluding steroid dienone is 4. The first-order valence-corrected chi connectivity index (χ1v) is 7.99. The normalized spacial score (nSPS) is 11.1. The van der Waals surface area contributed by atoms with Gasteiger partial charge in [-0.05, 0) is 18.0 Å². The zero-order valence-corrected chi connectivity index (χ0v) is 10.8. The summed E-state index contributed by atoms with van der Waals surface area (Å²) in [4.78, 5) is 38.5. The van der Waals surface area contributed by atoms with E-state index in [1.807, 2.05) is 12.2 Å². The van der Waals surface area contributed by atoms with Crippen molar-refractivity contribution in [2.24, 2.45) is 0 Å². The summed E-state index contributed by atoms with van der Waals surface area (Å²) in [5, 5.41) is -0.338. The molecule has 0 heterocycles. The summed E-state index contributed by atoms with van der Waals surface area (Å²) in [6.45, 7) is 0. The van der Waals surface area contributed by atoms with Gasteiger partial charge in [0.1, 0.15) is 0 Å². The molecule has 0 aromatic rings. The molecular formula is C9H5ClO4Re. The minimum absolute atomic E-state index is 0.338. The molecule has 6 heteroatoms. The summed E-state index contributed by atoms with van der Waals surface area (Å²) in [6, 6.07) is 0. The third-order valence-electron chi connectivity index (χ3n) is 1.26. The van der Waals surface area contributed by atoms with Crippen LogP contribution >= 0.6 is 11.6 Å². The van der Waals surface area contributed by atoms with Gasteiger partial charge in [0.05, 0.1) is 0 Å². The van der Waals surface area contributed by atoms with E-state index in [-0.39, 0.29) is 5.24 Å². The van der Waals surface area contributed by atoms with Gasteiger partial charge in [0, 0.05) is 5.57 Å². The van der Waals surface area contributed by atoms with Crippen molar-refractivity contribution in [1.29, 1.82) is 0 Å². The molecule has 0 aliphatic heterocycles. The average molecular weight is 399 g/mol. The van der Waals surface area contributed by atoms with Crippen LogP contribution < -0.4 is 0 Å². The van der Waals surface area contributed by atoms with Gasteiger partial charge in [0.25, 0.3) is 0 Å². The van der Waals surface area contributed by atoms with E-state index in [1.165, 1.54) is 13.1 Å². The quantitative estimate of drug-likeness (QED) is 0.601. The number of carbonyl (C=O) groups is 1. The molecule has 4 nitrogen and oxygen atoms in total. The Kier molecular flexibility index (Phi) is 7.54.